The summed E-state index contributed by atoms with van der Waals surface area (Å²) >= 11 is 0. The van der Waals surface area contributed by atoms with E-state index in [1.54, 1.807) is 60.7 Å². The van der Waals surface area contributed by atoms with Crippen molar-refractivity contribution < 1.29 is 24.2 Å². The number of carbonyl (C=O) groups excluding carboxylic acids is 2. The average molecular weight is 311 g/mol. The van der Waals surface area contributed by atoms with Crippen molar-refractivity contribution in [1.29, 1.82) is 0 Å². The molecule has 1 heterocycles. The van der Waals surface area contributed by atoms with Gasteiger partial charge in [0, 0.05) is 5.56 Å². The van der Waals surface area contributed by atoms with Crippen LogP contribution in [0.3, 0.4) is 0 Å². The van der Waals surface area contributed by atoms with Crippen molar-refractivity contribution in [3.63, 3.8) is 0 Å². The zero-order valence-electron chi connectivity index (χ0n) is 12.0. The molecule has 2 atom stereocenters. The number of nitrogens with zero attached hydrogens (tertiary/aromatic N) is 1. The Labute approximate surface area is 131 Å². The molecule has 1 aliphatic heterocycles. The van der Waals surface area contributed by atoms with Crippen LogP contribution in [-0.2, 0) is 9.53 Å². The molecule has 0 spiro atoms. The maximum absolute atomic E-state index is 12.6. The van der Waals surface area contributed by atoms with E-state index in [-0.39, 0.29) is 5.56 Å². The highest BCUT2D eigenvalue weighted by Gasteiger charge is 2.50. The van der Waals surface area contributed by atoms with E-state index in [4.69, 9.17) is 4.74 Å². The highest BCUT2D eigenvalue weighted by atomic mass is 16.6. The van der Waals surface area contributed by atoms with E-state index in [1.807, 2.05) is 0 Å². The van der Waals surface area contributed by atoms with Gasteiger partial charge in [0.15, 0.2) is 0 Å². The Bertz CT molecular complexity index is 744. The molecule has 23 heavy (non-hydrogen) atoms. The fraction of sp³-hybridized carbons (Fsp3) is 0.118. The first-order valence-corrected chi connectivity index (χ1v) is 6.96. The van der Waals surface area contributed by atoms with Crippen LogP contribution >= 0.6 is 0 Å². The van der Waals surface area contributed by atoms with E-state index in [2.05, 4.69) is 0 Å². The summed E-state index contributed by atoms with van der Waals surface area (Å²) in [4.78, 5) is 37.0. The zero-order chi connectivity index (χ0) is 16.4. The van der Waals surface area contributed by atoms with Crippen LogP contribution in [0.25, 0.3) is 0 Å². The number of rotatable bonds is 3. The fourth-order valence-electron chi connectivity index (χ4n) is 2.57. The number of carboxylic acids is 1. The van der Waals surface area contributed by atoms with Crippen LogP contribution in [0.5, 0.6) is 0 Å². The third-order valence-electron chi connectivity index (χ3n) is 3.61. The van der Waals surface area contributed by atoms with Gasteiger partial charge < -0.3 is 9.84 Å². The van der Waals surface area contributed by atoms with E-state index in [1.165, 1.54) is 0 Å². The lowest BCUT2D eigenvalue weighted by Gasteiger charge is -2.22. The molecular weight excluding hydrogens is 298 g/mol. The van der Waals surface area contributed by atoms with Crippen molar-refractivity contribution in [2.24, 2.45) is 0 Å². The number of ether oxygens (including phenoxy) is 1. The van der Waals surface area contributed by atoms with Crippen molar-refractivity contribution in [3.8, 4) is 0 Å². The van der Waals surface area contributed by atoms with Crippen LogP contribution in [0.1, 0.15) is 22.0 Å². The second-order valence-electron chi connectivity index (χ2n) is 5.04. The SMILES string of the molecule is O=C(O)[C@@H]1OC(=O)N(C(=O)c2ccccc2)C1c1ccccc1. The molecule has 1 fully saturated rings. The van der Waals surface area contributed by atoms with Gasteiger partial charge in [-0.05, 0) is 17.7 Å². The van der Waals surface area contributed by atoms with Gasteiger partial charge >= 0.3 is 12.1 Å². The molecule has 0 aliphatic carbocycles. The van der Waals surface area contributed by atoms with Crippen molar-refractivity contribution in [1.82, 2.24) is 4.90 Å². The molecule has 2 aromatic rings. The number of imide groups is 1. The monoisotopic (exact) mass is 311 g/mol. The number of hydrogen-bond donors (Lipinski definition) is 1. The van der Waals surface area contributed by atoms with Gasteiger partial charge in [0.25, 0.3) is 5.91 Å². The van der Waals surface area contributed by atoms with E-state index in [0.29, 0.717) is 5.56 Å². The quantitative estimate of drug-likeness (QED) is 0.941. The molecule has 1 unspecified atom stereocenters. The Morgan fingerprint density at radius 3 is 2.09 bits per heavy atom. The minimum absolute atomic E-state index is 0.288. The van der Waals surface area contributed by atoms with Crippen molar-refractivity contribution >= 4 is 18.0 Å². The van der Waals surface area contributed by atoms with E-state index < -0.39 is 30.1 Å². The summed E-state index contributed by atoms with van der Waals surface area (Å²) in [6.07, 6.45) is -2.39. The predicted octanol–water partition coefficient (Wildman–Crippen LogP) is 2.47. The van der Waals surface area contributed by atoms with Gasteiger partial charge in [-0.15, -0.1) is 0 Å². The largest absolute Gasteiger partial charge is 0.478 e. The Morgan fingerprint density at radius 2 is 1.52 bits per heavy atom. The summed E-state index contributed by atoms with van der Waals surface area (Å²) in [5.41, 5.74) is 0.812. The molecule has 1 saturated heterocycles. The highest BCUT2D eigenvalue weighted by Crippen LogP contribution is 2.34. The number of cyclic esters (lactones) is 1. The first-order valence-electron chi connectivity index (χ1n) is 6.96. The minimum Gasteiger partial charge on any atom is -0.478 e. The standard InChI is InChI=1S/C17H13NO5/c19-15(12-9-5-2-6-10-12)18-13(11-7-3-1-4-8-11)14(16(20)21)23-17(18)22/h1-10,13-14H,(H,20,21)/t13?,14-/m1/s1. The number of hydrogen-bond acceptors (Lipinski definition) is 4. The van der Waals surface area contributed by atoms with Gasteiger partial charge in [0.1, 0.15) is 6.04 Å². The third kappa shape index (κ3) is 2.66. The Kier molecular flexibility index (Phi) is 3.80. The molecule has 2 aromatic carbocycles. The summed E-state index contributed by atoms with van der Waals surface area (Å²) in [7, 11) is 0. The number of amides is 2. The molecule has 1 N–H and O–H groups in total. The van der Waals surface area contributed by atoms with Crippen molar-refractivity contribution in [3.05, 3.63) is 71.8 Å². The van der Waals surface area contributed by atoms with Gasteiger partial charge in [-0.25, -0.2) is 14.5 Å². The van der Waals surface area contributed by atoms with Crippen LogP contribution in [0.4, 0.5) is 4.79 Å². The van der Waals surface area contributed by atoms with Crippen LogP contribution in [-0.4, -0.2) is 34.1 Å². The molecule has 0 saturated carbocycles. The molecule has 6 nitrogen and oxygen atoms in total. The number of carbonyl (C=O) groups is 3. The second-order valence-corrected chi connectivity index (χ2v) is 5.04. The van der Waals surface area contributed by atoms with E-state index >= 15 is 0 Å². The number of aliphatic carboxylic acids is 1. The Balaban J connectivity index is 2.04. The van der Waals surface area contributed by atoms with E-state index in [0.717, 1.165) is 4.90 Å². The predicted molar refractivity (Wildman–Crippen MR) is 79.7 cm³/mol. The summed E-state index contributed by atoms with van der Waals surface area (Å²) in [5, 5.41) is 9.32. The van der Waals surface area contributed by atoms with Gasteiger partial charge in [-0.3, -0.25) is 4.79 Å². The third-order valence-corrected chi connectivity index (χ3v) is 3.61. The van der Waals surface area contributed by atoms with Crippen LogP contribution in [0.2, 0.25) is 0 Å². The summed E-state index contributed by atoms with van der Waals surface area (Å²) in [6, 6.07) is 15.7. The van der Waals surface area contributed by atoms with Crippen LogP contribution in [0.15, 0.2) is 60.7 Å². The molecule has 0 aromatic heterocycles. The lowest BCUT2D eigenvalue weighted by molar-refractivity contribution is -0.146. The maximum Gasteiger partial charge on any atom is 0.418 e. The smallest absolute Gasteiger partial charge is 0.418 e. The van der Waals surface area contributed by atoms with Crippen LogP contribution in [0, 0.1) is 0 Å². The topological polar surface area (TPSA) is 83.9 Å². The van der Waals surface area contributed by atoms with Gasteiger partial charge in [-0.1, -0.05) is 48.5 Å². The van der Waals surface area contributed by atoms with Gasteiger partial charge in [0.05, 0.1) is 0 Å². The Morgan fingerprint density at radius 1 is 0.957 bits per heavy atom. The normalized spacial score (nSPS) is 20.2. The Hall–Kier alpha value is -3.15. The molecule has 0 radical (unpaired) electrons. The summed E-state index contributed by atoms with van der Waals surface area (Å²) in [5.74, 6) is -1.89. The summed E-state index contributed by atoms with van der Waals surface area (Å²) < 4.78 is 4.91. The van der Waals surface area contributed by atoms with Crippen molar-refractivity contribution in [2.75, 3.05) is 0 Å². The lowest BCUT2D eigenvalue weighted by Crippen LogP contribution is -2.37. The first kappa shape index (κ1) is 14.8. The lowest BCUT2D eigenvalue weighted by atomic mass is 10.00. The minimum atomic E-state index is -1.43. The fourth-order valence-corrected chi connectivity index (χ4v) is 2.57. The molecular formula is C17H13NO5. The molecule has 2 amide bonds. The second kappa shape index (κ2) is 5.92. The number of benzene rings is 2. The molecule has 3 rings (SSSR count). The van der Waals surface area contributed by atoms with Crippen LogP contribution < -0.4 is 0 Å². The zero-order valence-corrected chi connectivity index (χ0v) is 12.0. The highest BCUT2D eigenvalue weighted by molar-refractivity contribution is 6.05. The van der Waals surface area contributed by atoms with Gasteiger partial charge in [0.2, 0.25) is 6.10 Å². The molecule has 6 heteroatoms. The first-order chi connectivity index (χ1) is 11.1. The molecule has 116 valence electrons. The van der Waals surface area contributed by atoms with E-state index in [9.17, 15) is 19.5 Å². The summed E-state index contributed by atoms with van der Waals surface area (Å²) in [6.45, 7) is 0. The average Bonchev–Trinajstić information content (AvgIpc) is 2.93. The van der Waals surface area contributed by atoms with Gasteiger partial charge in [-0.2, -0.15) is 0 Å². The maximum atomic E-state index is 12.6. The molecule has 0 bridgehead atoms. The molecule has 1 aliphatic rings. The number of carboxylic acid groups (broad SMARTS) is 1. The van der Waals surface area contributed by atoms with Crippen molar-refractivity contribution in [2.45, 2.75) is 12.1 Å².